The number of carbonyl (C=O) groups is 3. The predicted molar refractivity (Wildman–Crippen MR) is 210 cm³/mol. The molecule has 25 nitrogen and oxygen atoms in total. The Morgan fingerprint density at radius 2 is 1.37 bits per heavy atom. The van der Waals surface area contributed by atoms with Crippen LogP contribution in [0.4, 0.5) is 0 Å². The molecule has 0 bridgehead atoms. The van der Waals surface area contributed by atoms with Gasteiger partial charge in [0.1, 0.15) is 84.8 Å². The van der Waals surface area contributed by atoms with Crippen LogP contribution in [0.3, 0.4) is 0 Å². The number of ketones is 2. The molecule has 0 aromatic carbocycles. The van der Waals surface area contributed by atoms with Crippen LogP contribution in [-0.4, -0.2) is 215 Å². The van der Waals surface area contributed by atoms with Crippen molar-refractivity contribution < 1.29 is 93.9 Å². The lowest BCUT2D eigenvalue weighted by atomic mass is 9.96. The molecule has 1 aromatic rings. The van der Waals surface area contributed by atoms with Crippen LogP contribution < -0.4 is 16.6 Å². The van der Waals surface area contributed by atoms with Crippen molar-refractivity contribution in [3.8, 4) is 0 Å². The molecular formula is C38H66N6O19. The van der Waals surface area contributed by atoms with Crippen molar-refractivity contribution in [1.29, 1.82) is 0 Å². The van der Waals surface area contributed by atoms with Crippen molar-refractivity contribution in [1.82, 2.24) is 25.8 Å². The minimum absolute atomic E-state index is 0.0703. The fraction of sp³-hybridized carbons (Fsp3) is 0.868. The number of aromatic nitrogens is 3. The van der Waals surface area contributed by atoms with Gasteiger partial charge < -0.3 is 85.2 Å². The quantitative estimate of drug-likeness (QED) is 0.0288. The fourth-order valence-electron chi connectivity index (χ4n) is 7.16. The molecule has 3 fully saturated rings. The van der Waals surface area contributed by atoms with Crippen molar-refractivity contribution in [2.24, 2.45) is 5.73 Å². The maximum atomic E-state index is 12.7. The number of ether oxygens (including phenoxy) is 6. The number of nitrogens with zero attached hydrogens (tertiary/aromatic N) is 3. The maximum absolute atomic E-state index is 12.7. The number of unbranched alkanes of at least 4 members (excludes halogenated alkanes) is 2. The maximum Gasteiger partial charge on any atom is 0.234 e. The normalized spacial score (nSPS) is 34.1. The molecule has 25 heteroatoms. The van der Waals surface area contributed by atoms with E-state index in [0.717, 1.165) is 12.8 Å². The Bertz CT molecular complexity index is 1530. The third-order valence-electron chi connectivity index (χ3n) is 11.0. The number of Topliss-reactive ketones (excluding diaryl/α,β-unsaturated/α-hetero) is 2. The average Bonchev–Trinajstić information content (AvgIpc) is 3.73. The van der Waals surface area contributed by atoms with E-state index in [-0.39, 0.29) is 49.8 Å². The highest BCUT2D eigenvalue weighted by molar-refractivity contribution is 5.82. The first-order valence-electron chi connectivity index (χ1n) is 21.3. The zero-order valence-electron chi connectivity index (χ0n) is 35.2. The summed E-state index contributed by atoms with van der Waals surface area (Å²) in [7, 11) is 0. The van der Waals surface area contributed by atoms with Gasteiger partial charge in [-0.2, -0.15) is 0 Å². The number of hydrazine groups is 1. The van der Waals surface area contributed by atoms with Crippen molar-refractivity contribution >= 4 is 17.5 Å². The highest BCUT2D eigenvalue weighted by atomic mass is 16.7. The molecule has 3 aliphatic rings. The van der Waals surface area contributed by atoms with Crippen LogP contribution in [0.15, 0.2) is 6.20 Å². The van der Waals surface area contributed by atoms with E-state index >= 15 is 0 Å². The van der Waals surface area contributed by atoms with Crippen molar-refractivity contribution in [3.05, 3.63) is 11.9 Å². The van der Waals surface area contributed by atoms with Crippen LogP contribution in [0.1, 0.15) is 70.4 Å². The summed E-state index contributed by atoms with van der Waals surface area (Å²) in [6, 6.07) is -0.492. The van der Waals surface area contributed by atoms with E-state index in [1.165, 1.54) is 6.92 Å². The number of aliphatic hydroxyl groups is 10. The second-order valence-electron chi connectivity index (χ2n) is 15.9. The van der Waals surface area contributed by atoms with E-state index < -0.39 is 118 Å². The predicted octanol–water partition coefficient (Wildman–Crippen LogP) is -6.10. The minimum Gasteiger partial charge on any atom is -0.394 e. The number of nitrogens with two attached hydrogens (primary N) is 1. The molecule has 4 heterocycles. The Morgan fingerprint density at radius 1 is 0.746 bits per heavy atom. The molecule has 4 rings (SSSR count). The van der Waals surface area contributed by atoms with Gasteiger partial charge in [0.25, 0.3) is 0 Å². The summed E-state index contributed by atoms with van der Waals surface area (Å²) in [5.74, 6) is -0.453. The van der Waals surface area contributed by atoms with Gasteiger partial charge in [0, 0.05) is 38.4 Å². The molecule has 3 aliphatic heterocycles. The number of aryl methyl sites for hydroxylation is 2. The monoisotopic (exact) mass is 910 g/mol. The molecule has 16 atom stereocenters. The van der Waals surface area contributed by atoms with Gasteiger partial charge in [-0.3, -0.25) is 24.5 Å². The number of aliphatic hydroxyl groups excluding tert-OH is 10. The van der Waals surface area contributed by atoms with Crippen LogP contribution >= 0.6 is 0 Å². The third-order valence-corrected chi connectivity index (χ3v) is 11.0. The summed E-state index contributed by atoms with van der Waals surface area (Å²) in [5.41, 5.74) is 11.5. The Labute approximate surface area is 363 Å². The van der Waals surface area contributed by atoms with Crippen LogP contribution in [0.5, 0.6) is 0 Å². The SMILES string of the molecule is CC(=O)[C@H](CCCCN)NNC(=O)CCc1cn(CCCCC(=O)CCCO[C@@H]2O[C@H](CO[C@H]3O[C@H](CO)[C@@H](O)[C@H](O)[C@@H]3O)[C@@H](O)[C@H](O[C@H]3O[C@H](CO)[C@@H](O)[C@H](O)[C@@H]3O)[C@H]2O)nn1. The highest BCUT2D eigenvalue weighted by Crippen LogP contribution is 2.31. The molecule has 0 aliphatic carbocycles. The summed E-state index contributed by atoms with van der Waals surface area (Å²) < 4.78 is 35.1. The van der Waals surface area contributed by atoms with E-state index in [0.29, 0.717) is 44.5 Å². The van der Waals surface area contributed by atoms with Gasteiger partial charge in [0.05, 0.1) is 38.2 Å². The number of hydrogen-bond donors (Lipinski definition) is 13. The van der Waals surface area contributed by atoms with Gasteiger partial charge in [0.15, 0.2) is 18.9 Å². The third kappa shape index (κ3) is 15.4. The molecule has 1 aromatic heterocycles. The lowest BCUT2D eigenvalue weighted by Crippen LogP contribution is -2.65. The van der Waals surface area contributed by atoms with Gasteiger partial charge in [-0.15, -0.1) is 5.10 Å². The Balaban J connectivity index is 1.22. The van der Waals surface area contributed by atoms with Gasteiger partial charge >= 0.3 is 0 Å². The molecule has 0 spiro atoms. The molecule has 14 N–H and O–H groups in total. The van der Waals surface area contributed by atoms with E-state index in [2.05, 4.69) is 21.2 Å². The van der Waals surface area contributed by atoms with Crippen LogP contribution in [0, 0.1) is 0 Å². The first kappa shape index (κ1) is 52.9. The topological polar surface area (TPSA) is 390 Å². The molecule has 3 saturated heterocycles. The second-order valence-corrected chi connectivity index (χ2v) is 15.9. The lowest BCUT2D eigenvalue weighted by molar-refractivity contribution is -0.366. The zero-order valence-corrected chi connectivity index (χ0v) is 35.2. The Kier molecular flexibility index (Phi) is 22.1. The summed E-state index contributed by atoms with van der Waals surface area (Å²) in [4.78, 5) is 36.8. The summed E-state index contributed by atoms with van der Waals surface area (Å²) in [6.45, 7) is 0.206. The molecule has 63 heavy (non-hydrogen) atoms. The summed E-state index contributed by atoms with van der Waals surface area (Å²) >= 11 is 0. The Hall–Kier alpha value is -2.77. The summed E-state index contributed by atoms with van der Waals surface area (Å²) in [6.07, 6.45) is -19.1. The van der Waals surface area contributed by atoms with Gasteiger partial charge in [-0.05, 0) is 45.6 Å². The Morgan fingerprint density at radius 3 is 2.02 bits per heavy atom. The standard InChI is InChI=1S/C38H66N6O19/c1-19(47)22(9-2-4-12-39)41-42-26(49)11-10-20-15-44(43-40-20)13-5-3-7-21(48)8-6-14-58-37-34(57)35(63-38-33(56)31(54)28(51)24(17-46)61-38)29(52)25(62-37)18-59-36-32(55)30(53)27(50)23(16-45)60-36/h15,22-25,27-38,41,45-46,50-57H,2-14,16-18,39H2,1H3,(H,42,49)/t22-,23+,24+,25+,27+,28+,29+,30-,31-,32-,33-,34+,35-,36-,37+,38+/m0/s1. The van der Waals surface area contributed by atoms with E-state index in [1.807, 2.05) is 0 Å². The fourth-order valence-corrected chi connectivity index (χ4v) is 7.16. The molecule has 0 saturated carbocycles. The van der Waals surface area contributed by atoms with Gasteiger partial charge in [0.2, 0.25) is 5.91 Å². The molecule has 1 amide bonds. The number of amides is 1. The van der Waals surface area contributed by atoms with E-state index in [4.69, 9.17) is 34.2 Å². The van der Waals surface area contributed by atoms with E-state index in [1.54, 1.807) is 10.9 Å². The van der Waals surface area contributed by atoms with Crippen LogP contribution in [0.2, 0.25) is 0 Å². The molecule has 362 valence electrons. The van der Waals surface area contributed by atoms with Crippen molar-refractivity contribution in [2.75, 3.05) is 33.0 Å². The van der Waals surface area contributed by atoms with Gasteiger partial charge in [-0.1, -0.05) is 11.6 Å². The first-order valence-corrected chi connectivity index (χ1v) is 21.3. The molecule has 0 unspecified atom stereocenters. The van der Waals surface area contributed by atoms with E-state index in [9.17, 15) is 65.4 Å². The van der Waals surface area contributed by atoms with Crippen LogP contribution in [-0.2, 0) is 55.8 Å². The second kappa shape index (κ2) is 26.4. The zero-order chi connectivity index (χ0) is 46.2. The number of hydrogen-bond acceptors (Lipinski definition) is 23. The largest absolute Gasteiger partial charge is 0.394 e. The first-order chi connectivity index (χ1) is 30.1. The summed E-state index contributed by atoms with van der Waals surface area (Å²) in [5, 5.41) is 111. The van der Waals surface area contributed by atoms with Gasteiger partial charge in [-0.25, -0.2) is 5.43 Å². The van der Waals surface area contributed by atoms with Crippen molar-refractivity contribution in [3.63, 3.8) is 0 Å². The van der Waals surface area contributed by atoms with Crippen LogP contribution in [0.25, 0.3) is 0 Å². The molecular weight excluding hydrogens is 844 g/mol. The number of carbonyl (C=O) groups excluding carboxylic acids is 3. The number of nitrogens with one attached hydrogen (secondary N) is 2. The lowest BCUT2D eigenvalue weighted by Gasteiger charge is -2.46. The minimum atomic E-state index is -1.90. The number of rotatable bonds is 27. The van der Waals surface area contributed by atoms with Crippen molar-refractivity contribution in [2.45, 2.75) is 176 Å². The average molecular weight is 911 g/mol. The smallest absolute Gasteiger partial charge is 0.234 e. The highest BCUT2D eigenvalue weighted by Gasteiger charge is 2.52. The molecule has 0 radical (unpaired) electrons.